The SMILES string of the molecule is O=C(Nc1ccc(Cl)cc1F)NC1CCCCC1C(=O)O. The molecule has 0 aliphatic heterocycles. The number of benzene rings is 1. The number of carbonyl (C=O) groups is 2. The number of hydrogen-bond donors (Lipinski definition) is 3. The number of carboxylic acids is 1. The fourth-order valence-corrected chi connectivity index (χ4v) is 2.68. The van der Waals surface area contributed by atoms with Gasteiger partial charge in [-0.05, 0) is 31.0 Å². The molecule has 3 N–H and O–H groups in total. The second-order valence-corrected chi connectivity index (χ2v) is 5.49. The summed E-state index contributed by atoms with van der Waals surface area (Å²) >= 11 is 5.63. The van der Waals surface area contributed by atoms with Crippen molar-refractivity contribution in [3.05, 3.63) is 29.0 Å². The van der Waals surface area contributed by atoms with Gasteiger partial charge in [-0.3, -0.25) is 4.79 Å². The number of anilines is 1. The molecule has 0 spiro atoms. The van der Waals surface area contributed by atoms with Crippen LogP contribution in [0, 0.1) is 11.7 Å². The number of carbonyl (C=O) groups excluding carboxylic acids is 1. The van der Waals surface area contributed by atoms with Crippen LogP contribution in [0.15, 0.2) is 18.2 Å². The topological polar surface area (TPSA) is 78.4 Å². The van der Waals surface area contributed by atoms with Crippen LogP contribution in [-0.4, -0.2) is 23.1 Å². The Morgan fingerprint density at radius 3 is 2.67 bits per heavy atom. The molecule has 1 aliphatic carbocycles. The lowest BCUT2D eigenvalue weighted by molar-refractivity contribution is -0.143. The predicted octanol–water partition coefficient (Wildman–Crippen LogP) is 3.24. The van der Waals surface area contributed by atoms with E-state index in [-0.39, 0.29) is 10.7 Å². The van der Waals surface area contributed by atoms with Crippen LogP contribution in [0.25, 0.3) is 0 Å². The van der Waals surface area contributed by atoms with Crippen LogP contribution in [0.2, 0.25) is 5.02 Å². The van der Waals surface area contributed by atoms with Crippen LogP contribution in [0.5, 0.6) is 0 Å². The van der Waals surface area contributed by atoms with Crippen LogP contribution in [0.4, 0.5) is 14.9 Å². The Labute approximate surface area is 126 Å². The van der Waals surface area contributed by atoms with E-state index in [2.05, 4.69) is 10.6 Å². The minimum Gasteiger partial charge on any atom is -0.481 e. The molecule has 0 bridgehead atoms. The molecule has 0 saturated heterocycles. The van der Waals surface area contributed by atoms with Crippen molar-refractivity contribution in [2.24, 2.45) is 5.92 Å². The molecule has 7 heteroatoms. The zero-order valence-electron chi connectivity index (χ0n) is 11.2. The maximum Gasteiger partial charge on any atom is 0.319 e. The number of rotatable bonds is 3. The van der Waals surface area contributed by atoms with Crippen molar-refractivity contribution in [3.8, 4) is 0 Å². The van der Waals surface area contributed by atoms with Crippen LogP contribution in [-0.2, 0) is 4.79 Å². The molecule has 21 heavy (non-hydrogen) atoms. The van der Waals surface area contributed by atoms with Crippen molar-refractivity contribution >= 4 is 29.3 Å². The minimum absolute atomic E-state index is 0.000385. The molecule has 1 saturated carbocycles. The fourth-order valence-electron chi connectivity index (χ4n) is 2.52. The molecule has 0 radical (unpaired) electrons. The largest absolute Gasteiger partial charge is 0.481 e. The van der Waals surface area contributed by atoms with Gasteiger partial charge in [0.05, 0.1) is 11.6 Å². The third-order valence-electron chi connectivity index (χ3n) is 3.58. The van der Waals surface area contributed by atoms with Crippen LogP contribution < -0.4 is 10.6 Å². The van der Waals surface area contributed by atoms with Crippen molar-refractivity contribution in [2.75, 3.05) is 5.32 Å². The molecular formula is C14H16ClFN2O3. The van der Waals surface area contributed by atoms with E-state index in [1.807, 2.05) is 0 Å². The molecule has 2 rings (SSSR count). The Morgan fingerprint density at radius 2 is 2.00 bits per heavy atom. The average Bonchev–Trinajstić information content (AvgIpc) is 2.42. The van der Waals surface area contributed by atoms with E-state index in [1.165, 1.54) is 12.1 Å². The maximum absolute atomic E-state index is 13.6. The van der Waals surface area contributed by atoms with Gasteiger partial charge in [-0.15, -0.1) is 0 Å². The van der Waals surface area contributed by atoms with Crippen molar-refractivity contribution in [2.45, 2.75) is 31.7 Å². The molecule has 2 amide bonds. The lowest BCUT2D eigenvalue weighted by Crippen LogP contribution is -2.46. The first-order chi connectivity index (χ1) is 9.97. The molecular weight excluding hydrogens is 299 g/mol. The Balaban J connectivity index is 1.98. The molecule has 1 fully saturated rings. The summed E-state index contributed by atoms with van der Waals surface area (Å²) in [5.41, 5.74) is -0.000385. The Morgan fingerprint density at radius 1 is 1.29 bits per heavy atom. The molecule has 2 atom stereocenters. The first-order valence-electron chi connectivity index (χ1n) is 6.73. The summed E-state index contributed by atoms with van der Waals surface area (Å²) in [6.07, 6.45) is 2.84. The van der Waals surface area contributed by atoms with Crippen LogP contribution >= 0.6 is 11.6 Å². The lowest BCUT2D eigenvalue weighted by Gasteiger charge is -2.29. The minimum atomic E-state index is -0.919. The van der Waals surface area contributed by atoms with Gasteiger partial charge in [-0.1, -0.05) is 24.4 Å². The first-order valence-corrected chi connectivity index (χ1v) is 7.10. The van der Waals surface area contributed by atoms with Crippen LogP contribution in [0.1, 0.15) is 25.7 Å². The zero-order chi connectivity index (χ0) is 15.4. The highest BCUT2D eigenvalue weighted by atomic mass is 35.5. The van der Waals surface area contributed by atoms with E-state index in [9.17, 15) is 14.0 Å². The summed E-state index contributed by atoms with van der Waals surface area (Å²) in [6.45, 7) is 0. The standard InChI is InChI=1S/C14H16ClFN2O3/c15-8-5-6-12(10(16)7-8)18-14(21)17-11-4-2-1-3-9(11)13(19)20/h5-7,9,11H,1-4H2,(H,19,20)(H2,17,18,21). The van der Waals surface area contributed by atoms with E-state index in [1.54, 1.807) is 0 Å². The summed E-state index contributed by atoms with van der Waals surface area (Å²) < 4.78 is 13.6. The number of halogens is 2. The summed E-state index contributed by atoms with van der Waals surface area (Å²) in [6, 6.07) is 2.85. The molecule has 1 aromatic rings. The second kappa shape index (κ2) is 6.76. The number of nitrogens with one attached hydrogen (secondary N) is 2. The van der Waals surface area contributed by atoms with Crippen molar-refractivity contribution in [1.82, 2.24) is 5.32 Å². The molecule has 5 nitrogen and oxygen atoms in total. The van der Waals surface area contributed by atoms with Gasteiger partial charge < -0.3 is 15.7 Å². The van der Waals surface area contributed by atoms with E-state index in [0.29, 0.717) is 12.8 Å². The summed E-state index contributed by atoms with van der Waals surface area (Å²) in [4.78, 5) is 23.0. The predicted molar refractivity (Wildman–Crippen MR) is 76.9 cm³/mol. The summed E-state index contributed by atoms with van der Waals surface area (Å²) in [5, 5.41) is 14.4. The number of aliphatic carboxylic acids is 1. The smallest absolute Gasteiger partial charge is 0.319 e. The first kappa shape index (κ1) is 15.6. The third-order valence-corrected chi connectivity index (χ3v) is 3.81. The van der Waals surface area contributed by atoms with Gasteiger partial charge in [0.15, 0.2) is 0 Å². The Bertz CT molecular complexity index is 553. The number of hydrogen-bond acceptors (Lipinski definition) is 2. The molecule has 1 aliphatic rings. The molecule has 2 unspecified atom stereocenters. The van der Waals surface area contributed by atoms with Gasteiger partial charge in [-0.25, -0.2) is 9.18 Å². The fraction of sp³-hybridized carbons (Fsp3) is 0.429. The summed E-state index contributed by atoms with van der Waals surface area (Å²) in [5.74, 6) is -2.16. The highest BCUT2D eigenvalue weighted by molar-refractivity contribution is 6.30. The Kier molecular flexibility index (Phi) is 5.01. The third kappa shape index (κ3) is 4.07. The van der Waals surface area contributed by atoms with Gasteiger partial charge in [-0.2, -0.15) is 0 Å². The monoisotopic (exact) mass is 314 g/mol. The van der Waals surface area contributed by atoms with E-state index < -0.39 is 29.8 Å². The van der Waals surface area contributed by atoms with E-state index in [4.69, 9.17) is 16.7 Å². The zero-order valence-corrected chi connectivity index (χ0v) is 12.0. The quantitative estimate of drug-likeness (QED) is 0.801. The van der Waals surface area contributed by atoms with E-state index in [0.717, 1.165) is 18.9 Å². The van der Waals surface area contributed by atoms with Gasteiger partial charge in [0.25, 0.3) is 0 Å². The average molecular weight is 315 g/mol. The van der Waals surface area contributed by atoms with Gasteiger partial charge in [0.2, 0.25) is 0 Å². The van der Waals surface area contributed by atoms with Crippen molar-refractivity contribution in [3.63, 3.8) is 0 Å². The number of urea groups is 1. The molecule has 1 aromatic carbocycles. The molecule has 114 valence electrons. The van der Waals surface area contributed by atoms with E-state index >= 15 is 0 Å². The Hall–Kier alpha value is -1.82. The van der Waals surface area contributed by atoms with Gasteiger partial charge in [0, 0.05) is 11.1 Å². The lowest BCUT2D eigenvalue weighted by atomic mass is 9.84. The molecule has 0 aromatic heterocycles. The number of amides is 2. The maximum atomic E-state index is 13.6. The highest BCUT2D eigenvalue weighted by Gasteiger charge is 2.31. The number of carboxylic acid groups (broad SMARTS) is 1. The van der Waals surface area contributed by atoms with Crippen LogP contribution in [0.3, 0.4) is 0 Å². The second-order valence-electron chi connectivity index (χ2n) is 5.06. The molecule has 0 heterocycles. The highest BCUT2D eigenvalue weighted by Crippen LogP contribution is 2.25. The normalized spacial score (nSPS) is 21.6. The van der Waals surface area contributed by atoms with Crippen molar-refractivity contribution < 1.29 is 19.1 Å². The van der Waals surface area contributed by atoms with Crippen molar-refractivity contribution in [1.29, 1.82) is 0 Å². The summed E-state index contributed by atoms with van der Waals surface area (Å²) in [7, 11) is 0. The van der Waals surface area contributed by atoms with Gasteiger partial charge >= 0.3 is 12.0 Å². The van der Waals surface area contributed by atoms with Gasteiger partial charge in [0.1, 0.15) is 5.82 Å².